The molecule has 1 aliphatic heterocycles. The largest absolute Gasteiger partial charge is 0.294 e. The van der Waals surface area contributed by atoms with Crippen LogP contribution in [0.15, 0.2) is 47.0 Å². The third kappa shape index (κ3) is 1.56. The van der Waals surface area contributed by atoms with Crippen molar-refractivity contribution in [2.75, 3.05) is 0 Å². The highest BCUT2D eigenvalue weighted by Crippen LogP contribution is 2.43. The first-order valence-corrected chi connectivity index (χ1v) is 6.45. The number of carbonyl (C=O) groups excluding carboxylic acids is 1. The molecule has 18 heavy (non-hydrogen) atoms. The van der Waals surface area contributed by atoms with Gasteiger partial charge in [0.25, 0.3) is 0 Å². The number of allylic oxidation sites excluding steroid dienone is 1. The second-order valence-corrected chi connectivity index (χ2v) is 5.50. The van der Waals surface area contributed by atoms with Gasteiger partial charge >= 0.3 is 0 Å². The zero-order valence-electron chi connectivity index (χ0n) is 10.8. The maximum Gasteiger partial charge on any atom is 0.166 e. The van der Waals surface area contributed by atoms with Gasteiger partial charge in [-0.1, -0.05) is 36.4 Å². The van der Waals surface area contributed by atoms with Gasteiger partial charge in [-0.3, -0.25) is 9.79 Å². The minimum atomic E-state index is -0.315. The Morgan fingerprint density at radius 2 is 2.00 bits per heavy atom. The minimum Gasteiger partial charge on any atom is -0.294 e. The number of nitrogens with zero attached hydrogens (tertiary/aromatic N) is 1. The zero-order valence-corrected chi connectivity index (χ0v) is 10.8. The Balaban J connectivity index is 1.96. The van der Waals surface area contributed by atoms with Crippen molar-refractivity contribution in [1.29, 1.82) is 0 Å². The van der Waals surface area contributed by atoms with Crippen molar-refractivity contribution in [2.45, 2.75) is 32.7 Å². The lowest BCUT2D eigenvalue weighted by molar-refractivity contribution is -0.124. The van der Waals surface area contributed by atoms with E-state index in [4.69, 9.17) is 4.99 Å². The van der Waals surface area contributed by atoms with Crippen LogP contribution in [-0.4, -0.2) is 17.5 Å². The Kier molecular flexibility index (Phi) is 2.47. The molecule has 3 rings (SSSR count). The second-order valence-electron chi connectivity index (χ2n) is 5.50. The van der Waals surface area contributed by atoms with Gasteiger partial charge in [0.2, 0.25) is 0 Å². The van der Waals surface area contributed by atoms with Crippen molar-refractivity contribution in [1.82, 2.24) is 0 Å². The highest BCUT2D eigenvalue weighted by atomic mass is 16.1. The van der Waals surface area contributed by atoms with E-state index in [1.54, 1.807) is 0 Å². The van der Waals surface area contributed by atoms with E-state index in [1.165, 1.54) is 0 Å². The fourth-order valence-corrected chi connectivity index (χ4v) is 3.02. The molecule has 0 aromatic heterocycles. The molecule has 0 radical (unpaired) electrons. The van der Waals surface area contributed by atoms with E-state index in [1.807, 2.05) is 31.2 Å². The standard InChI is InChI=1S/C16H17NO/c1-11-8-9-14-16(2,15(11)18)10-13(17-14)12-6-4-3-5-7-12/h3-8,14H,9-10H2,1-2H3. The Hall–Kier alpha value is -1.70. The number of carbonyl (C=O) groups is 1. The van der Waals surface area contributed by atoms with Gasteiger partial charge in [0.05, 0.1) is 11.5 Å². The summed E-state index contributed by atoms with van der Waals surface area (Å²) in [5.74, 6) is 0.272. The van der Waals surface area contributed by atoms with Crippen molar-refractivity contribution < 1.29 is 4.79 Å². The molecule has 0 bridgehead atoms. The van der Waals surface area contributed by atoms with Gasteiger partial charge in [0.15, 0.2) is 5.78 Å². The third-order valence-corrected chi connectivity index (χ3v) is 4.21. The summed E-state index contributed by atoms with van der Waals surface area (Å²) in [5, 5.41) is 0. The Morgan fingerprint density at radius 3 is 2.72 bits per heavy atom. The number of hydrogen-bond donors (Lipinski definition) is 0. The number of ketones is 1. The molecule has 0 N–H and O–H groups in total. The minimum absolute atomic E-state index is 0.129. The molecule has 1 aromatic carbocycles. The van der Waals surface area contributed by atoms with Crippen LogP contribution in [-0.2, 0) is 4.79 Å². The topological polar surface area (TPSA) is 29.4 Å². The van der Waals surface area contributed by atoms with Crippen LogP contribution in [0, 0.1) is 5.41 Å². The van der Waals surface area contributed by atoms with Crippen LogP contribution in [0.5, 0.6) is 0 Å². The highest BCUT2D eigenvalue weighted by Gasteiger charge is 2.48. The third-order valence-electron chi connectivity index (χ3n) is 4.21. The Bertz CT molecular complexity index is 556. The molecule has 2 heteroatoms. The van der Waals surface area contributed by atoms with Gasteiger partial charge in [0.1, 0.15) is 0 Å². The van der Waals surface area contributed by atoms with E-state index in [0.29, 0.717) is 0 Å². The van der Waals surface area contributed by atoms with Crippen LogP contribution >= 0.6 is 0 Å². The predicted molar refractivity (Wildman–Crippen MR) is 72.9 cm³/mol. The lowest BCUT2D eigenvalue weighted by Crippen LogP contribution is -2.39. The molecule has 2 atom stereocenters. The first kappa shape index (κ1) is 11.4. The number of benzene rings is 1. The van der Waals surface area contributed by atoms with Gasteiger partial charge in [0, 0.05) is 12.1 Å². The summed E-state index contributed by atoms with van der Waals surface area (Å²) < 4.78 is 0. The summed E-state index contributed by atoms with van der Waals surface area (Å²) in [4.78, 5) is 17.2. The van der Waals surface area contributed by atoms with Crippen LogP contribution in [0.3, 0.4) is 0 Å². The Labute approximate surface area is 107 Å². The van der Waals surface area contributed by atoms with Gasteiger partial charge < -0.3 is 0 Å². The zero-order chi connectivity index (χ0) is 12.8. The highest BCUT2D eigenvalue weighted by molar-refractivity contribution is 6.10. The molecule has 92 valence electrons. The van der Waals surface area contributed by atoms with Gasteiger partial charge in [-0.25, -0.2) is 0 Å². The molecule has 0 amide bonds. The van der Waals surface area contributed by atoms with Crippen LogP contribution in [0.1, 0.15) is 32.3 Å². The van der Waals surface area contributed by atoms with E-state index in [-0.39, 0.29) is 17.2 Å². The number of aliphatic imine (C=N–C) groups is 1. The smallest absolute Gasteiger partial charge is 0.166 e. The summed E-state index contributed by atoms with van der Waals surface area (Å²) in [6.07, 6.45) is 3.70. The number of rotatable bonds is 1. The predicted octanol–water partition coefficient (Wildman–Crippen LogP) is 3.17. The summed E-state index contributed by atoms with van der Waals surface area (Å²) >= 11 is 0. The first-order valence-electron chi connectivity index (χ1n) is 6.45. The molecule has 0 fully saturated rings. The summed E-state index contributed by atoms with van der Waals surface area (Å²) in [5.41, 5.74) is 2.82. The summed E-state index contributed by atoms with van der Waals surface area (Å²) in [6.45, 7) is 3.99. The fraction of sp³-hybridized carbons (Fsp3) is 0.375. The normalized spacial score (nSPS) is 30.8. The summed E-state index contributed by atoms with van der Waals surface area (Å²) in [6, 6.07) is 10.3. The lowest BCUT2D eigenvalue weighted by Gasteiger charge is -2.31. The fourth-order valence-electron chi connectivity index (χ4n) is 3.02. The average Bonchev–Trinajstić information content (AvgIpc) is 2.75. The average molecular weight is 239 g/mol. The van der Waals surface area contributed by atoms with Crippen LogP contribution in [0.25, 0.3) is 0 Å². The number of fused-ring (bicyclic) bond motifs is 1. The van der Waals surface area contributed by atoms with Crippen molar-refractivity contribution in [2.24, 2.45) is 10.4 Å². The van der Waals surface area contributed by atoms with E-state index < -0.39 is 0 Å². The molecule has 2 aliphatic rings. The molecule has 2 nitrogen and oxygen atoms in total. The maximum absolute atomic E-state index is 12.4. The molecule has 1 aliphatic carbocycles. The van der Waals surface area contributed by atoms with E-state index >= 15 is 0 Å². The van der Waals surface area contributed by atoms with Gasteiger partial charge in [-0.15, -0.1) is 0 Å². The quantitative estimate of drug-likeness (QED) is 0.740. The molecular weight excluding hydrogens is 222 g/mol. The number of hydrogen-bond acceptors (Lipinski definition) is 2. The lowest BCUT2D eigenvalue weighted by atomic mass is 9.70. The first-order chi connectivity index (χ1) is 8.61. The SMILES string of the molecule is CC1=CCC2N=C(c3ccccc3)CC2(C)C1=O. The van der Waals surface area contributed by atoms with Crippen LogP contribution in [0.2, 0.25) is 0 Å². The summed E-state index contributed by atoms with van der Waals surface area (Å²) in [7, 11) is 0. The second kappa shape index (κ2) is 3.91. The van der Waals surface area contributed by atoms with Gasteiger partial charge in [-0.05, 0) is 31.4 Å². The van der Waals surface area contributed by atoms with Crippen molar-refractivity contribution in [3.05, 3.63) is 47.5 Å². The molecule has 1 heterocycles. The molecule has 1 aromatic rings. The van der Waals surface area contributed by atoms with Crippen LogP contribution < -0.4 is 0 Å². The molecule has 2 unspecified atom stereocenters. The Morgan fingerprint density at radius 1 is 1.28 bits per heavy atom. The molecular formula is C16H17NO. The monoisotopic (exact) mass is 239 g/mol. The molecule has 0 saturated carbocycles. The van der Waals surface area contributed by atoms with Crippen molar-refractivity contribution >= 4 is 11.5 Å². The van der Waals surface area contributed by atoms with E-state index in [0.717, 1.165) is 29.7 Å². The van der Waals surface area contributed by atoms with E-state index in [2.05, 4.69) is 19.1 Å². The molecule has 0 spiro atoms. The van der Waals surface area contributed by atoms with Gasteiger partial charge in [-0.2, -0.15) is 0 Å². The molecule has 0 saturated heterocycles. The van der Waals surface area contributed by atoms with Crippen molar-refractivity contribution in [3.63, 3.8) is 0 Å². The van der Waals surface area contributed by atoms with E-state index in [9.17, 15) is 4.79 Å². The number of Topliss-reactive ketones (excluding diaryl/α,β-unsaturated/α-hetero) is 1. The maximum atomic E-state index is 12.4. The van der Waals surface area contributed by atoms with Crippen LogP contribution in [0.4, 0.5) is 0 Å². The van der Waals surface area contributed by atoms with Crippen molar-refractivity contribution in [3.8, 4) is 0 Å².